The van der Waals surface area contributed by atoms with Crippen LogP contribution in [0.3, 0.4) is 0 Å². The Hall–Kier alpha value is -5.18. The molecule has 0 spiro atoms. The molecule has 0 atom stereocenters. The van der Waals surface area contributed by atoms with Crippen molar-refractivity contribution in [2.24, 2.45) is 0 Å². The summed E-state index contributed by atoms with van der Waals surface area (Å²) in [4.78, 5) is 25.8. The minimum absolute atomic E-state index is 0.195. The van der Waals surface area contributed by atoms with E-state index in [1.807, 2.05) is 72.8 Å². The van der Waals surface area contributed by atoms with Gasteiger partial charge in [0, 0.05) is 17.7 Å². The summed E-state index contributed by atoms with van der Waals surface area (Å²) in [5.41, 5.74) is 4.93. The lowest BCUT2D eigenvalue weighted by Crippen LogP contribution is -2.29. The van der Waals surface area contributed by atoms with Crippen molar-refractivity contribution in [1.29, 1.82) is 0 Å². The van der Waals surface area contributed by atoms with Crippen LogP contribution in [-0.2, 0) is 9.59 Å². The number of carbonyl (C=O) groups excluding carboxylic acids is 2. The van der Waals surface area contributed by atoms with Crippen LogP contribution in [0.1, 0.15) is 71.6 Å². The van der Waals surface area contributed by atoms with Crippen molar-refractivity contribution in [3.8, 4) is 45.3 Å². The zero-order valence-corrected chi connectivity index (χ0v) is 32.6. The van der Waals surface area contributed by atoms with Crippen molar-refractivity contribution >= 4 is 11.9 Å². The molecule has 0 aliphatic heterocycles. The topological polar surface area (TPSA) is 94.5 Å². The van der Waals surface area contributed by atoms with Gasteiger partial charge in [-0.15, -0.1) is 0 Å². The molecule has 0 amide bonds. The molecule has 0 unspecified atom stereocenters. The Morgan fingerprint density at radius 3 is 1.11 bits per heavy atom. The second-order valence-electron chi connectivity index (χ2n) is 13.9. The molecule has 0 fully saturated rings. The normalized spacial score (nSPS) is 10.9. The monoisotopic (exact) mass is 747 g/mol. The smallest absolute Gasteiger partial charge is 0.338 e. The Bertz CT molecular complexity index is 1760. The number of carbonyl (C=O) groups is 2. The molecule has 1 N–H and O–H groups in total. The third-order valence-electron chi connectivity index (χ3n) is 9.14. The Morgan fingerprint density at radius 1 is 0.473 bits per heavy atom. The van der Waals surface area contributed by atoms with Gasteiger partial charge in [0.1, 0.15) is 23.0 Å². The van der Waals surface area contributed by atoms with Crippen molar-refractivity contribution in [2.75, 3.05) is 39.5 Å². The van der Waals surface area contributed by atoms with Gasteiger partial charge in [-0.05, 0) is 123 Å². The molecular formula is C47H57NO7. The van der Waals surface area contributed by atoms with E-state index in [1.54, 1.807) is 38.1 Å². The van der Waals surface area contributed by atoms with Gasteiger partial charge < -0.3 is 29.0 Å². The Labute approximate surface area is 327 Å². The maximum Gasteiger partial charge on any atom is 0.338 e. The van der Waals surface area contributed by atoms with Crippen LogP contribution >= 0.6 is 0 Å². The maximum absolute atomic E-state index is 11.7. The van der Waals surface area contributed by atoms with Crippen LogP contribution in [0.4, 0.5) is 0 Å². The molecule has 0 aliphatic rings. The van der Waals surface area contributed by atoms with E-state index < -0.39 is 11.9 Å². The molecule has 0 bridgehead atoms. The van der Waals surface area contributed by atoms with E-state index in [0.717, 1.165) is 98.3 Å². The van der Waals surface area contributed by atoms with E-state index in [9.17, 15) is 14.7 Å². The fourth-order valence-corrected chi connectivity index (χ4v) is 5.92. The summed E-state index contributed by atoms with van der Waals surface area (Å²) in [7, 11) is 0. The van der Waals surface area contributed by atoms with Gasteiger partial charge in [-0.3, -0.25) is 0 Å². The van der Waals surface area contributed by atoms with Crippen LogP contribution in [0.25, 0.3) is 22.3 Å². The zero-order valence-electron chi connectivity index (χ0n) is 32.6. The van der Waals surface area contributed by atoms with Gasteiger partial charge in [-0.1, -0.05) is 93.8 Å². The number of unbranched alkanes of at least 4 members (excludes halogenated alkanes) is 7. The number of aliphatic hydroxyl groups excluding tert-OH is 1. The molecule has 0 aromatic heterocycles. The lowest BCUT2D eigenvalue weighted by molar-refractivity contribution is -0.130. The van der Waals surface area contributed by atoms with Gasteiger partial charge >= 0.3 is 11.9 Å². The summed E-state index contributed by atoms with van der Waals surface area (Å²) in [6.45, 7) is 14.8. The SMILES string of the molecule is C=C(C)C(=O)Oc1ccc(-c2ccc(OCCCCCCCN(CCO)CCCCCCOc3ccc(-c4ccc(OC(=O)C(=C)C)cc4)cc3)cc2)cc1. The second kappa shape index (κ2) is 23.6. The number of nitrogens with zero attached hydrogens (tertiary/aromatic N) is 1. The Balaban J connectivity index is 1.00. The van der Waals surface area contributed by atoms with E-state index in [0.29, 0.717) is 35.9 Å². The molecule has 292 valence electrons. The molecule has 4 aromatic carbocycles. The quantitative estimate of drug-likeness (QED) is 0.0310. The summed E-state index contributed by atoms with van der Waals surface area (Å²) in [6, 6.07) is 31.0. The van der Waals surface area contributed by atoms with Crippen LogP contribution in [-0.4, -0.2) is 61.4 Å². The minimum atomic E-state index is -0.427. The highest BCUT2D eigenvalue weighted by Gasteiger charge is 2.08. The fraction of sp³-hybridized carbons (Fsp3) is 0.362. The predicted molar refractivity (Wildman–Crippen MR) is 221 cm³/mol. The molecule has 8 heteroatoms. The fourth-order valence-electron chi connectivity index (χ4n) is 5.92. The van der Waals surface area contributed by atoms with E-state index in [-0.39, 0.29) is 6.61 Å². The van der Waals surface area contributed by atoms with Crippen molar-refractivity contribution in [3.05, 3.63) is 121 Å². The molecule has 0 heterocycles. The summed E-state index contributed by atoms with van der Waals surface area (Å²) in [5.74, 6) is 1.86. The van der Waals surface area contributed by atoms with Gasteiger partial charge in [0.05, 0.1) is 19.8 Å². The van der Waals surface area contributed by atoms with E-state index in [1.165, 1.54) is 12.8 Å². The highest BCUT2D eigenvalue weighted by Crippen LogP contribution is 2.27. The molecular weight excluding hydrogens is 691 g/mol. The number of ether oxygens (including phenoxy) is 4. The largest absolute Gasteiger partial charge is 0.494 e. The molecule has 4 rings (SSSR count). The first-order chi connectivity index (χ1) is 26.7. The lowest BCUT2D eigenvalue weighted by Gasteiger charge is -2.21. The summed E-state index contributed by atoms with van der Waals surface area (Å²) >= 11 is 0. The zero-order chi connectivity index (χ0) is 39.3. The molecule has 0 radical (unpaired) electrons. The lowest BCUT2D eigenvalue weighted by atomic mass is 10.1. The van der Waals surface area contributed by atoms with Gasteiger partial charge in [0.25, 0.3) is 0 Å². The van der Waals surface area contributed by atoms with Gasteiger partial charge in [0.15, 0.2) is 0 Å². The second-order valence-corrected chi connectivity index (χ2v) is 13.9. The molecule has 8 nitrogen and oxygen atoms in total. The third kappa shape index (κ3) is 15.6. The standard InChI is InChI=1S/C47H57NO7/c1-36(2)46(50)54-44-26-18-40(19-27-44)38-14-22-42(23-15-38)52-34-12-8-5-6-10-30-48(32-33-49)31-11-7-9-13-35-53-43-24-16-39(17-25-43)41-20-28-45(29-21-41)55-47(51)37(3)4/h14-29,49H,1,3,5-13,30-35H2,2,4H3. The third-order valence-corrected chi connectivity index (χ3v) is 9.14. The Kier molecular flexibility index (Phi) is 18.2. The number of rotatable bonds is 25. The van der Waals surface area contributed by atoms with Crippen molar-refractivity contribution in [3.63, 3.8) is 0 Å². The summed E-state index contributed by atoms with van der Waals surface area (Å²) in [6.07, 6.45) is 10.0. The molecule has 0 aliphatic carbocycles. The summed E-state index contributed by atoms with van der Waals surface area (Å²) < 4.78 is 22.5. The van der Waals surface area contributed by atoms with Crippen LogP contribution in [0, 0.1) is 0 Å². The summed E-state index contributed by atoms with van der Waals surface area (Å²) in [5, 5.41) is 9.57. The van der Waals surface area contributed by atoms with Gasteiger partial charge in [-0.25, -0.2) is 9.59 Å². The van der Waals surface area contributed by atoms with Crippen LogP contribution in [0.2, 0.25) is 0 Å². The van der Waals surface area contributed by atoms with E-state index >= 15 is 0 Å². The van der Waals surface area contributed by atoms with Crippen LogP contribution in [0.15, 0.2) is 121 Å². The van der Waals surface area contributed by atoms with Gasteiger partial charge in [-0.2, -0.15) is 0 Å². The number of hydrogen-bond donors (Lipinski definition) is 1. The maximum atomic E-state index is 11.7. The number of benzene rings is 4. The first kappa shape index (κ1) is 42.6. The predicted octanol–water partition coefficient (Wildman–Crippen LogP) is 10.2. The average Bonchev–Trinajstić information content (AvgIpc) is 3.19. The first-order valence-corrected chi connectivity index (χ1v) is 19.5. The molecule has 0 saturated heterocycles. The highest BCUT2D eigenvalue weighted by molar-refractivity contribution is 5.89. The minimum Gasteiger partial charge on any atom is -0.494 e. The van der Waals surface area contributed by atoms with Crippen molar-refractivity contribution < 1.29 is 33.6 Å². The highest BCUT2D eigenvalue weighted by atomic mass is 16.5. The first-order valence-electron chi connectivity index (χ1n) is 19.5. The van der Waals surface area contributed by atoms with Crippen LogP contribution in [0.5, 0.6) is 23.0 Å². The van der Waals surface area contributed by atoms with Crippen molar-refractivity contribution in [1.82, 2.24) is 4.90 Å². The van der Waals surface area contributed by atoms with E-state index in [4.69, 9.17) is 18.9 Å². The average molecular weight is 748 g/mol. The molecule has 4 aromatic rings. The molecule has 55 heavy (non-hydrogen) atoms. The number of hydrogen-bond acceptors (Lipinski definition) is 8. The van der Waals surface area contributed by atoms with Crippen molar-refractivity contribution in [2.45, 2.75) is 71.6 Å². The van der Waals surface area contributed by atoms with E-state index in [2.05, 4.69) is 18.1 Å². The van der Waals surface area contributed by atoms with Crippen LogP contribution < -0.4 is 18.9 Å². The number of aliphatic hydroxyl groups is 1. The van der Waals surface area contributed by atoms with Gasteiger partial charge in [0.2, 0.25) is 0 Å². The molecule has 0 saturated carbocycles. The number of esters is 2. The Morgan fingerprint density at radius 2 is 0.782 bits per heavy atom.